The highest BCUT2D eigenvalue weighted by Gasteiger charge is 2.08. The predicted molar refractivity (Wildman–Crippen MR) is 97.7 cm³/mol. The van der Waals surface area contributed by atoms with Gasteiger partial charge in [0, 0.05) is 11.4 Å². The lowest BCUT2D eigenvalue weighted by Crippen LogP contribution is -2.13. The van der Waals surface area contributed by atoms with Crippen LogP contribution in [0.3, 0.4) is 0 Å². The highest BCUT2D eigenvalue weighted by molar-refractivity contribution is 6.02. The van der Waals surface area contributed by atoms with Gasteiger partial charge in [-0.3, -0.25) is 4.79 Å². The molecule has 0 bridgehead atoms. The van der Waals surface area contributed by atoms with Crippen molar-refractivity contribution in [2.24, 2.45) is 0 Å². The van der Waals surface area contributed by atoms with Gasteiger partial charge in [0.25, 0.3) is 5.91 Å². The second-order valence-electron chi connectivity index (χ2n) is 5.57. The molecule has 0 atom stereocenters. The fourth-order valence-corrected chi connectivity index (χ4v) is 2.32. The smallest absolute Gasteiger partial charge is 0.274 e. The number of nitrogens with one attached hydrogen (secondary N) is 2. The molecule has 3 rings (SSSR count). The van der Waals surface area contributed by atoms with Gasteiger partial charge in [-0.2, -0.15) is 0 Å². The number of rotatable bonds is 5. The molecule has 0 aliphatic heterocycles. The lowest BCUT2D eigenvalue weighted by atomic mass is 10.1. The molecule has 0 unspecified atom stereocenters. The molecule has 2 N–H and O–H groups in total. The van der Waals surface area contributed by atoms with Crippen LogP contribution in [0.15, 0.2) is 66.9 Å². The van der Waals surface area contributed by atoms with Crippen molar-refractivity contribution in [1.29, 1.82) is 0 Å². The van der Waals surface area contributed by atoms with Gasteiger partial charge in [0.05, 0.1) is 11.9 Å². The summed E-state index contributed by atoms with van der Waals surface area (Å²) in [6, 6.07) is 17.2. The molecule has 0 saturated carbocycles. The molecule has 4 nitrogen and oxygen atoms in total. The molecule has 1 aromatic heterocycles. The number of hydrogen-bond acceptors (Lipinski definition) is 3. The highest BCUT2D eigenvalue weighted by Crippen LogP contribution is 2.17. The van der Waals surface area contributed by atoms with Gasteiger partial charge in [-0.25, -0.2) is 9.37 Å². The van der Waals surface area contributed by atoms with Gasteiger partial charge < -0.3 is 10.6 Å². The lowest BCUT2D eigenvalue weighted by Gasteiger charge is -2.08. The molecule has 3 aromatic rings. The molecule has 0 saturated heterocycles. The van der Waals surface area contributed by atoms with Crippen molar-refractivity contribution in [1.82, 2.24) is 4.98 Å². The van der Waals surface area contributed by atoms with Gasteiger partial charge in [-0.1, -0.05) is 19.1 Å². The highest BCUT2D eigenvalue weighted by atomic mass is 19.1. The van der Waals surface area contributed by atoms with Gasteiger partial charge in [-0.15, -0.1) is 0 Å². The van der Waals surface area contributed by atoms with Crippen LogP contribution in [0.25, 0.3) is 0 Å². The van der Waals surface area contributed by atoms with Crippen molar-refractivity contribution in [3.8, 4) is 0 Å². The van der Waals surface area contributed by atoms with Crippen LogP contribution in [0.5, 0.6) is 0 Å². The Hall–Kier alpha value is -3.21. The quantitative estimate of drug-likeness (QED) is 0.705. The van der Waals surface area contributed by atoms with Gasteiger partial charge in [0.1, 0.15) is 11.5 Å². The Bertz CT molecular complexity index is 844. The number of aryl methyl sites for hydroxylation is 1. The molecule has 0 aliphatic rings. The minimum atomic E-state index is -0.349. The summed E-state index contributed by atoms with van der Waals surface area (Å²) in [6.45, 7) is 2.11. The number of halogens is 1. The molecule has 2 aromatic carbocycles. The molecule has 126 valence electrons. The summed E-state index contributed by atoms with van der Waals surface area (Å²) >= 11 is 0. The minimum absolute atomic E-state index is 0.288. The van der Waals surface area contributed by atoms with Crippen molar-refractivity contribution < 1.29 is 9.18 Å². The number of hydrogen-bond donors (Lipinski definition) is 2. The standard InChI is InChI=1S/C20H18FN3O/c1-2-14-3-7-16(8-4-14)23-18-11-12-19(22-13-18)20(25)24-17-9-5-15(21)6-10-17/h3-13,23H,2H2,1H3,(H,24,25). The normalized spacial score (nSPS) is 10.3. The first-order valence-corrected chi connectivity index (χ1v) is 8.03. The van der Waals surface area contributed by atoms with Gasteiger partial charge in [0.15, 0.2) is 0 Å². The summed E-state index contributed by atoms with van der Waals surface area (Å²) in [5.41, 5.74) is 3.84. The number of pyridine rings is 1. The van der Waals surface area contributed by atoms with E-state index in [0.29, 0.717) is 5.69 Å². The molecule has 1 amide bonds. The first-order valence-electron chi connectivity index (χ1n) is 8.03. The van der Waals surface area contributed by atoms with Crippen LogP contribution in [-0.2, 0) is 6.42 Å². The van der Waals surface area contributed by atoms with Gasteiger partial charge in [0.2, 0.25) is 0 Å². The van der Waals surface area contributed by atoms with E-state index in [1.165, 1.54) is 29.8 Å². The Morgan fingerprint density at radius 3 is 2.16 bits per heavy atom. The Kier molecular flexibility index (Phi) is 5.04. The fraction of sp³-hybridized carbons (Fsp3) is 0.100. The van der Waals surface area contributed by atoms with Crippen molar-refractivity contribution in [3.05, 3.63) is 83.9 Å². The number of nitrogens with zero attached hydrogens (tertiary/aromatic N) is 1. The molecule has 5 heteroatoms. The summed E-state index contributed by atoms with van der Waals surface area (Å²) in [7, 11) is 0. The van der Waals surface area contributed by atoms with Gasteiger partial charge >= 0.3 is 0 Å². The van der Waals surface area contributed by atoms with Crippen molar-refractivity contribution in [3.63, 3.8) is 0 Å². The Labute approximate surface area is 145 Å². The average molecular weight is 335 g/mol. The molecule has 0 radical (unpaired) electrons. The second-order valence-corrected chi connectivity index (χ2v) is 5.57. The zero-order valence-corrected chi connectivity index (χ0v) is 13.8. The largest absolute Gasteiger partial charge is 0.354 e. The number of anilines is 3. The minimum Gasteiger partial charge on any atom is -0.354 e. The van der Waals surface area contributed by atoms with Crippen molar-refractivity contribution in [2.45, 2.75) is 13.3 Å². The number of amides is 1. The maximum absolute atomic E-state index is 12.9. The van der Waals surface area contributed by atoms with Crippen LogP contribution >= 0.6 is 0 Å². The summed E-state index contributed by atoms with van der Waals surface area (Å²) in [6.07, 6.45) is 2.60. The molecule has 0 fully saturated rings. The monoisotopic (exact) mass is 335 g/mol. The topological polar surface area (TPSA) is 54.0 Å². The van der Waals surface area contributed by atoms with Crippen LogP contribution in [0, 0.1) is 5.82 Å². The van der Waals surface area contributed by atoms with E-state index in [1.54, 1.807) is 18.3 Å². The first kappa shape index (κ1) is 16.6. The summed E-state index contributed by atoms with van der Waals surface area (Å²) < 4.78 is 12.9. The Morgan fingerprint density at radius 2 is 1.56 bits per heavy atom. The van der Waals surface area contributed by atoms with Crippen LogP contribution in [-0.4, -0.2) is 10.9 Å². The fourth-order valence-electron chi connectivity index (χ4n) is 2.32. The van der Waals surface area contributed by atoms with E-state index < -0.39 is 0 Å². The van der Waals surface area contributed by atoms with Crippen LogP contribution in [0.4, 0.5) is 21.5 Å². The number of carbonyl (C=O) groups excluding carboxylic acids is 1. The maximum atomic E-state index is 12.9. The molecule has 0 aliphatic carbocycles. The molecular formula is C20H18FN3O. The van der Waals surface area contributed by atoms with Crippen LogP contribution in [0.2, 0.25) is 0 Å². The summed E-state index contributed by atoms with van der Waals surface area (Å²) in [4.78, 5) is 16.3. The third kappa shape index (κ3) is 4.41. The molecule has 1 heterocycles. The Morgan fingerprint density at radius 1 is 0.920 bits per heavy atom. The first-order chi connectivity index (χ1) is 12.1. The predicted octanol–water partition coefficient (Wildman–Crippen LogP) is 4.78. The van der Waals surface area contributed by atoms with E-state index in [4.69, 9.17) is 0 Å². The number of benzene rings is 2. The van der Waals surface area contributed by atoms with Crippen molar-refractivity contribution in [2.75, 3.05) is 10.6 Å². The van der Waals surface area contributed by atoms with E-state index in [1.807, 2.05) is 12.1 Å². The van der Waals surface area contributed by atoms with Crippen molar-refractivity contribution >= 4 is 23.0 Å². The zero-order valence-electron chi connectivity index (χ0n) is 13.8. The third-order valence-electron chi connectivity index (χ3n) is 3.75. The lowest BCUT2D eigenvalue weighted by molar-refractivity contribution is 0.102. The van der Waals surface area contributed by atoms with E-state index in [0.717, 1.165) is 17.8 Å². The van der Waals surface area contributed by atoms with Crippen LogP contribution in [0.1, 0.15) is 23.0 Å². The third-order valence-corrected chi connectivity index (χ3v) is 3.75. The zero-order chi connectivity index (χ0) is 17.6. The average Bonchev–Trinajstić information content (AvgIpc) is 2.65. The SMILES string of the molecule is CCc1ccc(Nc2ccc(C(=O)Nc3ccc(F)cc3)nc2)cc1. The second kappa shape index (κ2) is 7.57. The maximum Gasteiger partial charge on any atom is 0.274 e. The van der Waals surface area contributed by atoms with Gasteiger partial charge in [-0.05, 0) is 60.5 Å². The molecular weight excluding hydrogens is 317 g/mol. The summed E-state index contributed by atoms with van der Waals surface area (Å²) in [5, 5.41) is 5.92. The van der Waals surface area contributed by atoms with E-state index >= 15 is 0 Å². The van der Waals surface area contributed by atoms with Crippen LogP contribution < -0.4 is 10.6 Å². The number of aromatic nitrogens is 1. The van der Waals surface area contributed by atoms with E-state index in [-0.39, 0.29) is 17.4 Å². The molecule has 0 spiro atoms. The van der Waals surface area contributed by atoms with E-state index in [9.17, 15) is 9.18 Å². The molecule has 25 heavy (non-hydrogen) atoms. The Balaban J connectivity index is 1.64. The van der Waals surface area contributed by atoms with E-state index in [2.05, 4.69) is 34.7 Å². The summed E-state index contributed by atoms with van der Waals surface area (Å²) in [5.74, 6) is -0.691. The number of carbonyl (C=O) groups is 1.